The van der Waals surface area contributed by atoms with Crippen molar-refractivity contribution in [3.63, 3.8) is 0 Å². The van der Waals surface area contributed by atoms with Crippen LogP contribution in [0.15, 0.2) is 29.2 Å². The van der Waals surface area contributed by atoms with E-state index >= 15 is 0 Å². The molecule has 0 spiro atoms. The van der Waals surface area contributed by atoms with Gasteiger partial charge in [-0.1, -0.05) is 23.9 Å². The van der Waals surface area contributed by atoms with E-state index in [9.17, 15) is 23.7 Å². The number of nitrogens with zero attached hydrogens (tertiary/aromatic N) is 3. The molecule has 2 aromatic rings. The van der Waals surface area contributed by atoms with Crippen LogP contribution in [0.25, 0.3) is 0 Å². The molecule has 1 amide bonds. The molecule has 0 atom stereocenters. The third-order valence-electron chi connectivity index (χ3n) is 3.20. The average Bonchev–Trinajstić information content (AvgIpc) is 2.74. The molecule has 7 nitrogen and oxygen atoms in total. The Balaban J connectivity index is 2.15. The lowest BCUT2D eigenvalue weighted by atomic mass is 10.3. The van der Waals surface area contributed by atoms with Crippen LogP contribution < -0.4 is 5.32 Å². The molecule has 10 heteroatoms. The molecule has 1 N–H and O–H groups in total. The number of hydrogen-bond acceptors (Lipinski definition) is 5. The highest BCUT2D eigenvalue weighted by molar-refractivity contribution is 7.99. The van der Waals surface area contributed by atoms with Gasteiger partial charge >= 0.3 is 5.69 Å². The van der Waals surface area contributed by atoms with Crippen molar-refractivity contribution in [2.75, 3.05) is 5.32 Å². The second-order valence-corrected chi connectivity index (χ2v) is 5.89. The molecule has 0 saturated heterocycles. The lowest BCUT2D eigenvalue weighted by Gasteiger charge is -2.10. The number of nitro groups is 1. The zero-order chi connectivity index (χ0) is 17.9. The number of amides is 1. The summed E-state index contributed by atoms with van der Waals surface area (Å²) in [6.07, 6.45) is 0. The first-order valence-corrected chi connectivity index (χ1v) is 7.69. The summed E-state index contributed by atoms with van der Waals surface area (Å²) in [5.74, 6) is -3.13. The number of halogens is 2. The van der Waals surface area contributed by atoms with Crippen molar-refractivity contribution in [3.8, 4) is 0 Å². The van der Waals surface area contributed by atoms with Crippen LogP contribution in [0.3, 0.4) is 0 Å². The Bertz CT molecular complexity index is 779. The maximum Gasteiger partial charge on any atom is 0.312 e. The van der Waals surface area contributed by atoms with Crippen LogP contribution in [0.1, 0.15) is 11.4 Å². The second kappa shape index (κ2) is 7.39. The van der Waals surface area contributed by atoms with Crippen molar-refractivity contribution < 1.29 is 18.5 Å². The van der Waals surface area contributed by atoms with Gasteiger partial charge in [-0.2, -0.15) is 13.9 Å². The summed E-state index contributed by atoms with van der Waals surface area (Å²) in [5.41, 5.74) is 0.571. The number of benzene rings is 1. The molecular formula is C14H14F2N4O3S. The fourth-order valence-electron chi connectivity index (χ4n) is 2.20. The van der Waals surface area contributed by atoms with Crippen molar-refractivity contribution in [2.45, 2.75) is 31.0 Å². The Labute approximate surface area is 140 Å². The fraction of sp³-hybridized carbons (Fsp3) is 0.286. The molecule has 24 heavy (non-hydrogen) atoms. The number of carbonyl (C=O) groups is 1. The minimum absolute atomic E-state index is 0.142. The first kappa shape index (κ1) is 17.9. The number of anilines is 1. The van der Waals surface area contributed by atoms with Crippen molar-refractivity contribution in [1.29, 1.82) is 0 Å². The topological polar surface area (TPSA) is 90.1 Å². The largest absolute Gasteiger partial charge is 0.323 e. The lowest BCUT2D eigenvalue weighted by Crippen LogP contribution is -2.20. The van der Waals surface area contributed by atoms with Gasteiger partial charge in [-0.15, -0.1) is 0 Å². The number of hydrogen-bond donors (Lipinski definition) is 1. The van der Waals surface area contributed by atoms with Gasteiger partial charge in [0.25, 0.3) is 5.76 Å². The molecular weight excluding hydrogens is 342 g/mol. The smallest absolute Gasteiger partial charge is 0.312 e. The first-order chi connectivity index (χ1) is 11.3. The fourth-order valence-corrected chi connectivity index (χ4v) is 2.80. The van der Waals surface area contributed by atoms with Crippen molar-refractivity contribution in [3.05, 3.63) is 45.8 Å². The van der Waals surface area contributed by atoms with Crippen LogP contribution in [0.2, 0.25) is 0 Å². The van der Waals surface area contributed by atoms with E-state index in [0.29, 0.717) is 11.8 Å². The molecule has 0 aliphatic heterocycles. The number of carbonyl (C=O) groups excluding carboxylic acids is 1. The van der Waals surface area contributed by atoms with E-state index in [-0.39, 0.29) is 34.2 Å². The Kier molecular flexibility index (Phi) is 5.50. The summed E-state index contributed by atoms with van der Waals surface area (Å²) in [7, 11) is 0. The monoisotopic (exact) mass is 356 g/mol. The molecule has 128 valence electrons. The predicted octanol–water partition coefficient (Wildman–Crippen LogP) is 3.36. The number of aryl methyl sites for hydroxylation is 1. The molecule has 0 fully saturated rings. The summed E-state index contributed by atoms with van der Waals surface area (Å²) in [6, 6.07) is 6.18. The molecule has 1 aromatic carbocycles. The highest BCUT2D eigenvalue weighted by Gasteiger charge is 2.23. The maximum atomic E-state index is 12.5. The number of rotatable bonds is 6. The van der Waals surface area contributed by atoms with E-state index in [4.69, 9.17) is 0 Å². The summed E-state index contributed by atoms with van der Waals surface area (Å²) < 4.78 is 26.3. The SMILES string of the molecule is Cc1nn(CC(=O)Nc2ccccc2SC(F)F)c(C)c1[N+](=O)[O-]. The molecule has 1 heterocycles. The lowest BCUT2D eigenvalue weighted by molar-refractivity contribution is -0.386. The van der Waals surface area contributed by atoms with E-state index in [1.54, 1.807) is 12.1 Å². The molecule has 0 unspecified atom stereocenters. The van der Waals surface area contributed by atoms with Crippen molar-refractivity contribution in [2.24, 2.45) is 0 Å². The molecule has 0 aliphatic rings. The first-order valence-electron chi connectivity index (χ1n) is 6.81. The minimum atomic E-state index is -2.61. The molecule has 0 saturated carbocycles. The average molecular weight is 356 g/mol. The summed E-state index contributed by atoms with van der Waals surface area (Å²) in [4.78, 5) is 22.8. The molecule has 2 rings (SSSR count). The highest BCUT2D eigenvalue weighted by atomic mass is 32.2. The van der Waals surface area contributed by atoms with Crippen LogP contribution in [0.4, 0.5) is 20.2 Å². The third-order valence-corrected chi connectivity index (χ3v) is 3.98. The highest BCUT2D eigenvalue weighted by Crippen LogP contribution is 2.31. The normalized spacial score (nSPS) is 10.9. The van der Waals surface area contributed by atoms with Gasteiger partial charge in [0, 0.05) is 4.90 Å². The van der Waals surface area contributed by atoms with E-state index in [1.165, 1.54) is 30.7 Å². The van der Waals surface area contributed by atoms with Crippen LogP contribution in [-0.2, 0) is 11.3 Å². The summed E-state index contributed by atoms with van der Waals surface area (Å²) >= 11 is 0.327. The van der Waals surface area contributed by atoms with Gasteiger partial charge in [-0.05, 0) is 26.0 Å². The van der Waals surface area contributed by atoms with E-state index in [1.807, 2.05) is 0 Å². The van der Waals surface area contributed by atoms with Crippen LogP contribution in [0, 0.1) is 24.0 Å². The number of alkyl halides is 2. The zero-order valence-electron chi connectivity index (χ0n) is 12.8. The Hall–Kier alpha value is -2.49. The van der Waals surface area contributed by atoms with Gasteiger partial charge in [-0.3, -0.25) is 19.6 Å². The van der Waals surface area contributed by atoms with Gasteiger partial charge in [0.15, 0.2) is 0 Å². The van der Waals surface area contributed by atoms with Crippen molar-refractivity contribution in [1.82, 2.24) is 9.78 Å². The van der Waals surface area contributed by atoms with E-state index in [2.05, 4.69) is 10.4 Å². The number of para-hydroxylation sites is 1. The Morgan fingerprint density at radius 2 is 2.08 bits per heavy atom. The van der Waals surface area contributed by atoms with Crippen LogP contribution in [0.5, 0.6) is 0 Å². The molecule has 0 aliphatic carbocycles. The van der Waals surface area contributed by atoms with E-state index in [0.717, 1.165) is 0 Å². The number of aromatic nitrogens is 2. The standard InChI is InChI=1S/C14H14F2N4O3S/c1-8-13(20(22)23)9(2)19(18-8)7-12(21)17-10-5-3-4-6-11(10)24-14(15)16/h3-6,14H,7H2,1-2H3,(H,17,21). The van der Waals surface area contributed by atoms with Gasteiger partial charge < -0.3 is 5.32 Å². The Morgan fingerprint density at radius 1 is 1.42 bits per heavy atom. The van der Waals surface area contributed by atoms with Crippen LogP contribution >= 0.6 is 11.8 Å². The Morgan fingerprint density at radius 3 is 2.67 bits per heavy atom. The van der Waals surface area contributed by atoms with Crippen molar-refractivity contribution >= 4 is 29.0 Å². The molecule has 0 radical (unpaired) electrons. The maximum absolute atomic E-state index is 12.5. The quantitative estimate of drug-likeness (QED) is 0.487. The van der Waals surface area contributed by atoms with Gasteiger partial charge in [-0.25, -0.2) is 0 Å². The van der Waals surface area contributed by atoms with E-state index < -0.39 is 16.6 Å². The molecule has 1 aromatic heterocycles. The second-order valence-electron chi connectivity index (χ2n) is 4.86. The van der Waals surface area contributed by atoms with Gasteiger partial charge in [0.05, 0.1) is 10.6 Å². The predicted molar refractivity (Wildman–Crippen MR) is 85.3 cm³/mol. The van der Waals surface area contributed by atoms with Gasteiger partial charge in [0.2, 0.25) is 5.91 Å². The summed E-state index contributed by atoms with van der Waals surface area (Å²) in [5, 5.41) is 17.5. The number of nitrogens with one attached hydrogen (secondary N) is 1. The van der Waals surface area contributed by atoms with Crippen LogP contribution in [-0.4, -0.2) is 26.4 Å². The summed E-state index contributed by atoms with van der Waals surface area (Å²) in [6.45, 7) is 2.72. The zero-order valence-corrected chi connectivity index (χ0v) is 13.6. The number of thioether (sulfide) groups is 1. The third kappa shape index (κ3) is 4.07. The molecule has 0 bridgehead atoms. The van der Waals surface area contributed by atoms with Gasteiger partial charge in [0.1, 0.15) is 17.9 Å². The minimum Gasteiger partial charge on any atom is -0.323 e.